The molecule has 0 aromatic carbocycles. The van der Waals surface area contributed by atoms with Gasteiger partial charge in [-0.05, 0) is 13.8 Å². The third kappa shape index (κ3) is 3.67. The van der Waals surface area contributed by atoms with E-state index in [0.717, 1.165) is 5.69 Å². The second-order valence-electron chi connectivity index (χ2n) is 3.79. The molecule has 2 aromatic rings. The Morgan fingerprint density at radius 3 is 3.00 bits per heavy atom. The van der Waals surface area contributed by atoms with Gasteiger partial charge in [-0.2, -0.15) is 4.98 Å². The van der Waals surface area contributed by atoms with Crippen LogP contribution < -0.4 is 5.73 Å². The number of nitrogens with zero attached hydrogens (tertiary/aromatic N) is 5. The largest absolute Gasteiger partial charge is 0.465 e. The van der Waals surface area contributed by atoms with E-state index in [9.17, 15) is 4.79 Å². The van der Waals surface area contributed by atoms with Crippen LogP contribution in [0.25, 0.3) is 5.82 Å². The van der Waals surface area contributed by atoms with Crippen molar-refractivity contribution >= 4 is 23.7 Å². The summed E-state index contributed by atoms with van der Waals surface area (Å²) in [5.41, 5.74) is 6.32. The van der Waals surface area contributed by atoms with Gasteiger partial charge in [0.15, 0.2) is 5.82 Å². The summed E-state index contributed by atoms with van der Waals surface area (Å²) in [7, 11) is 0. The summed E-state index contributed by atoms with van der Waals surface area (Å²) in [6.45, 7) is 3.94. The molecule has 2 rings (SSSR count). The minimum atomic E-state index is -0.295. The lowest BCUT2D eigenvalue weighted by Crippen LogP contribution is -2.07. The van der Waals surface area contributed by atoms with Crippen molar-refractivity contribution in [3.63, 3.8) is 0 Å². The summed E-state index contributed by atoms with van der Waals surface area (Å²) in [5, 5.41) is 4.68. The molecule has 20 heavy (non-hydrogen) atoms. The molecule has 0 aliphatic rings. The highest BCUT2D eigenvalue weighted by Crippen LogP contribution is 2.14. The molecule has 0 aliphatic heterocycles. The molecule has 106 valence electrons. The van der Waals surface area contributed by atoms with E-state index in [0.29, 0.717) is 17.6 Å². The lowest BCUT2D eigenvalue weighted by atomic mass is 10.4. The lowest BCUT2D eigenvalue weighted by Gasteiger charge is -2.01. The van der Waals surface area contributed by atoms with E-state index in [2.05, 4.69) is 20.1 Å². The van der Waals surface area contributed by atoms with E-state index >= 15 is 0 Å². The van der Waals surface area contributed by atoms with Gasteiger partial charge >= 0.3 is 5.97 Å². The smallest absolute Gasteiger partial charge is 0.316 e. The Morgan fingerprint density at radius 1 is 1.50 bits per heavy atom. The van der Waals surface area contributed by atoms with Gasteiger partial charge in [0, 0.05) is 11.8 Å². The first kappa shape index (κ1) is 14.3. The highest BCUT2D eigenvalue weighted by atomic mass is 32.2. The van der Waals surface area contributed by atoms with Crippen LogP contribution in [0.3, 0.4) is 0 Å². The minimum Gasteiger partial charge on any atom is -0.465 e. The average molecular weight is 294 g/mol. The maximum atomic E-state index is 11.2. The van der Waals surface area contributed by atoms with Gasteiger partial charge in [-0.1, -0.05) is 11.8 Å². The van der Waals surface area contributed by atoms with E-state index in [1.165, 1.54) is 22.8 Å². The third-order valence-electron chi connectivity index (χ3n) is 2.19. The predicted molar refractivity (Wildman–Crippen MR) is 73.5 cm³/mol. The molecular formula is C11H14N6O2S. The number of ether oxygens (including phenoxy) is 1. The van der Waals surface area contributed by atoms with Crippen molar-refractivity contribution in [2.75, 3.05) is 18.1 Å². The Morgan fingerprint density at radius 2 is 2.30 bits per heavy atom. The highest BCUT2D eigenvalue weighted by Gasteiger charge is 2.09. The van der Waals surface area contributed by atoms with Crippen molar-refractivity contribution in [2.45, 2.75) is 19.0 Å². The maximum absolute atomic E-state index is 11.2. The fraction of sp³-hybridized carbons (Fsp3) is 0.364. The standard InChI is InChI=1S/C11H14N6O2S/c1-3-19-9(18)5-20-11-13-6-17(16-11)8-4-7(2)14-10(12)15-8/h4,6H,3,5H2,1-2H3,(H2,12,14,15). The van der Waals surface area contributed by atoms with Gasteiger partial charge in [-0.3, -0.25) is 4.79 Å². The van der Waals surface area contributed by atoms with Crippen LogP contribution >= 0.6 is 11.8 Å². The predicted octanol–water partition coefficient (Wildman–Crippen LogP) is 0.603. The molecule has 0 bridgehead atoms. The molecule has 9 heteroatoms. The van der Waals surface area contributed by atoms with E-state index < -0.39 is 0 Å². The van der Waals surface area contributed by atoms with E-state index in [1.54, 1.807) is 13.0 Å². The molecule has 0 atom stereocenters. The number of aromatic nitrogens is 5. The molecular weight excluding hydrogens is 280 g/mol. The molecule has 0 saturated heterocycles. The van der Waals surface area contributed by atoms with Crippen molar-refractivity contribution in [2.24, 2.45) is 0 Å². The van der Waals surface area contributed by atoms with Crippen LogP contribution in [-0.4, -0.2) is 43.1 Å². The molecule has 0 saturated carbocycles. The fourth-order valence-corrected chi connectivity index (χ4v) is 2.04. The average Bonchev–Trinajstić information content (AvgIpc) is 2.84. The number of carbonyl (C=O) groups excluding carboxylic acids is 1. The lowest BCUT2D eigenvalue weighted by molar-refractivity contribution is -0.139. The summed E-state index contributed by atoms with van der Waals surface area (Å²) < 4.78 is 6.31. The molecule has 0 fully saturated rings. The highest BCUT2D eigenvalue weighted by molar-refractivity contribution is 7.99. The molecule has 8 nitrogen and oxygen atoms in total. The van der Waals surface area contributed by atoms with E-state index in [-0.39, 0.29) is 17.7 Å². The van der Waals surface area contributed by atoms with Gasteiger partial charge in [-0.25, -0.2) is 14.6 Å². The molecule has 0 radical (unpaired) electrons. The number of hydrogen-bond acceptors (Lipinski definition) is 8. The Kier molecular flexibility index (Phi) is 4.51. The SMILES string of the molecule is CCOC(=O)CSc1ncn(-c2cc(C)nc(N)n2)n1. The van der Waals surface area contributed by atoms with Crippen LogP contribution in [0.4, 0.5) is 5.95 Å². The van der Waals surface area contributed by atoms with Gasteiger partial charge in [0.1, 0.15) is 6.33 Å². The number of thioether (sulfide) groups is 1. The van der Waals surface area contributed by atoms with Crippen LogP contribution in [0, 0.1) is 6.92 Å². The quantitative estimate of drug-likeness (QED) is 0.631. The number of nitrogen functional groups attached to an aromatic ring is 1. The van der Waals surface area contributed by atoms with Gasteiger partial charge in [0.25, 0.3) is 0 Å². The summed E-state index contributed by atoms with van der Waals surface area (Å²) in [6.07, 6.45) is 1.51. The zero-order valence-electron chi connectivity index (χ0n) is 11.1. The summed E-state index contributed by atoms with van der Waals surface area (Å²) in [6, 6.07) is 1.74. The second kappa shape index (κ2) is 6.33. The Bertz CT molecular complexity index is 594. The summed E-state index contributed by atoms with van der Waals surface area (Å²) in [4.78, 5) is 23.4. The Hall–Kier alpha value is -2.16. The van der Waals surface area contributed by atoms with Crippen LogP contribution in [0.1, 0.15) is 12.6 Å². The number of esters is 1. The molecule has 0 unspecified atom stereocenters. The molecule has 2 N–H and O–H groups in total. The first-order chi connectivity index (χ1) is 9.58. The first-order valence-corrected chi connectivity index (χ1v) is 6.88. The van der Waals surface area contributed by atoms with Crippen molar-refractivity contribution in [1.29, 1.82) is 0 Å². The Labute approximate surface area is 119 Å². The number of carbonyl (C=O) groups is 1. The number of anilines is 1. The maximum Gasteiger partial charge on any atom is 0.316 e. The normalized spacial score (nSPS) is 10.5. The summed E-state index contributed by atoms with van der Waals surface area (Å²) >= 11 is 1.20. The van der Waals surface area contributed by atoms with E-state index in [4.69, 9.17) is 10.5 Å². The van der Waals surface area contributed by atoms with Crippen LogP contribution in [-0.2, 0) is 9.53 Å². The van der Waals surface area contributed by atoms with Gasteiger partial charge in [0.2, 0.25) is 11.1 Å². The number of aryl methyl sites for hydroxylation is 1. The molecule has 0 amide bonds. The van der Waals surface area contributed by atoms with Crippen LogP contribution in [0.5, 0.6) is 0 Å². The third-order valence-corrected chi connectivity index (χ3v) is 3.01. The number of nitrogens with two attached hydrogens (primary N) is 1. The fourth-order valence-electron chi connectivity index (χ4n) is 1.44. The number of rotatable bonds is 5. The molecule has 0 aliphatic carbocycles. The van der Waals surface area contributed by atoms with Crippen LogP contribution in [0.15, 0.2) is 17.6 Å². The molecule has 2 heterocycles. The van der Waals surface area contributed by atoms with Gasteiger partial charge in [-0.15, -0.1) is 5.10 Å². The summed E-state index contributed by atoms with van der Waals surface area (Å²) in [5.74, 6) is 0.584. The minimum absolute atomic E-state index is 0.169. The van der Waals surface area contributed by atoms with Crippen LogP contribution in [0.2, 0.25) is 0 Å². The number of hydrogen-bond donors (Lipinski definition) is 1. The van der Waals surface area contributed by atoms with Gasteiger partial charge < -0.3 is 10.5 Å². The molecule has 0 spiro atoms. The van der Waals surface area contributed by atoms with Crippen molar-refractivity contribution < 1.29 is 9.53 Å². The monoisotopic (exact) mass is 294 g/mol. The second-order valence-corrected chi connectivity index (χ2v) is 4.73. The molecule has 2 aromatic heterocycles. The van der Waals surface area contributed by atoms with E-state index in [1.807, 2.05) is 6.92 Å². The Balaban J connectivity index is 2.06. The van der Waals surface area contributed by atoms with Gasteiger partial charge in [0.05, 0.1) is 12.4 Å². The zero-order valence-corrected chi connectivity index (χ0v) is 11.9. The first-order valence-electron chi connectivity index (χ1n) is 5.90. The van der Waals surface area contributed by atoms with Crippen molar-refractivity contribution in [3.8, 4) is 5.82 Å². The van der Waals surface area contributed by atoms with Crippen molar-refractivity contribution in [3.05, 3.63) is 18.1 Å². The topological polar surface area (TPSA) is 109 Å². The zero-order chi connectivity index (χ0) is 14.5. The van der Waals surface area contributed by atoms with Crippen molar-refractivity contribution in [1.82, 2.24) is 24.7 Å².